The Hall–Kier alpha value is -2.01. The summed E-state index contributed by atoms with van der Waals surface area (Å²) in [4.78, 5) is 2.91. The van der Waals surface area contributed by atoms with Gasteiger partial charge in [0.1, 0.15) is 5.52 Å². The number of nitrogens with one attached hydrogen (secondary N) is 1. The molecule has 3 rings (SSSR count). The average molecular weight is 290 g/mol. The molecule has 20 heavy (non-hydrogen) atoms. The number of nitrogens with zero attached hydrogens (tertiary/aromatic N) is 1. The fraction of sp³-hybridized carbons (Fsp3) is 0.133. The Morgan fingerprint density at radius 1 is 1.10 bits per heavy atom. The normalized spacial score (nSPS) is 11.2. The van der Waals surface area contributed by atoms with Crippen molar-refractivity contribution in [3.8, 4) is 5.69 Å². The molecule has 0 atom stereocenters. The van der Waals surface area contributed by atoms with Crippen LogP contribution in [-0.2, 0) is 0 Å². The summed E-state index contributed by atoms with van der Waals surface area (Å²) >= 11 is 5.26. The first kappa shape index (κ1) is 13.0. The van der Waals surface area contributed by atoms with E-state index in [0.29, 0.717) is 10.3 Å². The lowest BCUT2D eigenvalue weighted by atomic mass is 10.1. The summed E-state index contributed by atoms with van der Waals surface area (Å²) < 4.78 is 29.5. The number of halogens is 2. The van der Waals surface area contributed by atoms with Crippen molar-refractivity contribution in [2.75, 3.05) is 0 Å². The summed E-state index contributed by atoms with van der Waals surface area (Å²) in [6.07, 6.45) is 0. The summed E-state index contributed by atoms with van der Waals surface area (Å²) in [5.41, 5.74) is 3.35. The van der Waals surface area contributed by atoms with E-state index in [1.54, 1.807) is 4.57 Å². The molecule has 0 radical (unpaired) electrons. The largest absolute Gasteiger partial charge is 0.330 e. The van der Waals surface area contributed by atoms with Gasteiger partial charge in [0.2, 0.25) is 0 Å². The van der Waals surface area contributed by atoms with Gasteiger partial charge < -0.3 is 4.98 Å². The van der Waals surface area contributed by atoms with Gasteiger partial charge in [0.15, 0.2) is 16.4 Å². The molecule has 0 aliphatic heterocycles. The monoisotopic (exact) mass is 290 g/mol. The van der Waals surface area contributed by atoms with Crippen LogP contribution >= 0.6 is 12.2 Å². The fourth-order valence-electron chi connectivity index (χ4n) is 2.32. The Labute approximate surface area is 119 Å². The van der Waals surface area contributed by atoms with Gasteiger partial charge in [-0.05, 0) is 55.4 Å². The van der Waals surface area contributed by atoms with Crippen LogP contribution in [0.1, 0.15) is 11.1 Å². The molecule has 0 unspecified atom stereocenters. The third-order valence-electron chi connectivity index (χ3n) is 3.34. The molecule has 1 aromatic heterocycles. The highest BCUT2D eigenvalue weighted by molar-refractivity contribution is 7.71. The zero-order valence-electron chi connectivity index (χ0n) is 11.0. The van der Waals surface area contributed by atoms with Crippen LogP contribution in [0.3, 0.4) is 0 Å². The van der Waals surface area contributed by atoms with Crippen LogP contribution in [0.5, 0.6) is 0 Å². The van der Waals surface area contributed by atoms with E-state index in [0.717, 1.165) is 22.9 Å². The van der Waals surface area contributed by atoms with Crippen LogP contribution in [0, 0.1) is 30.3 Å². The maximum atomic E-state index is 14.1. The Bertz CT molecular complexity index is 877. The topological polar surface area (TPSA) is 20.7 Å². The van der Waals surface area contributed by atoms with Crippen molar-refractivity contribution in [2.45, 2.75) is 13.8 Å². The molecular weight excluding hydrogens is 278 g/mol. The fourth-order valence-corrected chi connectivity index (χ4v) is 2.62. The molecular formula is C15H12F2N2S. The van der Waals surface area contributed by atoms with Crippen LogP contribution in [0.25, 0.3) is 16.7 Å². The standard InChI is InChI=1S/C15H12F2N2S/c1-8-3-4-9(2)12(7-8)19-14-11(18-15(19)20)6-5-10(16)13(14)17/h3-7H,1-2H3,(H,18,20). The molecule has 0 saturated carbocycles. The Morgan fingerprint density at radius 3 is 2.60 bits per heavy atom. The lowest BCUT2D eigenvalue weighted by molar-refractivity contribution is 0.514. The van der Waals surface area contributed by atoms with Crippen LogP contribution in [0.2, 0.25) is 0 Å². The minimum Gasteiger partial charge on any atom is -0.330 e. The first-order chi connectivity index (χ1) is 9.49. The number of H-pyrrole nitrogens is 1. The van der Waals surface area contributed by atoms with E-state index >= 15 is 0 Å². The maximum Gasteiger partial charge on any atom is 0.184 e. The summed E-state index contributed by atoms with van der Waals surface area (Å²) in [6, 6.07) is 8.39. The maximum absolute atomic E-state index is 14.1. The predicted molar refractivity (Wildman–Crippen MR) is 77.8 cm³/mol. The van der Waals surface area contributed by atoms with Gasteiger partial charge in [0, 0.05) is 0 Å². The van der Waals surface area contributed by atoms with Crippen LogP contribution in [-0.4, -0.2) is 9.55 Å². The Morgan fingerprint density at radius 2 is 1.85 bits per heavy atom. The zero-order chi connectivity index (χ0) is 14.4. The third-order valence-corrected chi connectivity index (χ3v) is 3.63. The summed E-state index contributed by atoms with van der Waals surface area (Å²) in [7, 11) is 0. The number of aryl methyl sites for hydroxylation is 2. The number of hydrogen-bond acceptors (Lipinski definition) is 1. The highest BCUT2D eigenvalue weighted by atomic mass is 32.1. The second kappa shape index (κ2) is 4.52. The molecule has 0 aliphatic carbocycles. The highest BCUT2D eigenvalue weighted by Gasteiger charge is 2.16. The summed E-state index contributed by atoms with van der Waals surface area (Å²) in [5.74, 6) is -1.78. The van der Waals surface area contributed by atoms with Crippen molar-refractivity contribution < 1.29 is 8.78 Å². The Balaban J connectivity index is 2.48. The lowest BCUT2D eigenvalue weighted by Gasteiger charge is -2.10. The van der Waals surface area contributed by atoms with E-state index in [9.17, 15) is 8.78 Å². The van der Waals surface area contributed by atoms with Gasteiger partial charge in [-0.25, -0.2) is 8.78 Å². The molecule has 1 heterocycles. The highest BCUT2D eigenvalue weighted by Crippen LogP contribution is 2.26. The number of rotatable bonds is 1. The van der Waals surface area contributed by atoms with Crippen molar-refractivity contribution in [3.63, 3.8) is 0 Å². The van der Waals surface area contributed by atoms with Gasteiger partial charge in [0.25, 0.3) is 0 Å². The molecule has 2 nitrogen and oxygen atoms in total. The van der Waals surface area contributed by atoms with Crippen LogP contribution < -0.4 is 0 Å². The van der Waals surface area contributed by atoms with Crippen molar-refractivity contribution in [3.05, 3.63) is 57.9 Å². The first-order valence-electron chi connectivity index (χ1n) is 6.15. The number of imidazole rings is 1. The SMILES string of the molecule is Cc1ccc(C)c(-n2c(=S)[nH]c3ccc(F)c(F)c32)c1. The van der Waals surface area contributed by atoms with Crippen LogP contribution in [0.15, 0.2) is 30.3 Å². The Kier molecular flexibility index (Phi) is 2.94. The van der Waals surface area contributed by atoms with Gasteiger partial charge in [0.05, 0.1) is 11.2 Å². The van der Waals surface area contributed by atoms with E-state index in [4.69, 9.17) is 12.2 Å². The molecule has 0 bridgehead atoms. The number of benzene rings is 2. The zero-order valence-corrected chi connectivity index (χ0v) is 11.8. The van der Waals surface area contributed by atoms with Crippen molar-refractivity contribution in [2.24, 2.45) is 0 Å². The smallest absolute Gasteiger partial charge is 0.184 e. The molecule has 0 amide bonds. The number of aromatic amines is 1. The molecule has 3 aromatic rings. The van der Waals surface area contributed by atoms with E-state index in [2.05, 4.69) is 4.98 Å². The minimum absolute atomic E-state index is 0.142. The van der Waals surface area contributed by atoms with E-state index < -0.39 is 11.6 Å². The molecule has 5 heteroatoms. The molecule has 0 aliphatic rings. The average Bonchev–Trinajstić information content (AvgIpc) is 2.74. The minimum atomic E-state index is -0.893. The van der Waals surface area contributed by atoms with Crippen LogP contribution in [0.4, 0.5) is 8.78 Å². The summed E-state index contributed by atoms with van der Waals surface area (Å²) in [6.45, 7) is 3.85. The number of hydrogen-bond donors (Lipinski definition) is 1. The van der Waals surface area contributed by atoms with E-state index in [-0.39, 0.29) is 5.52 Å². The molecule has 1 N–H and O–H groups in total. The van der Waals surface area contributed by atoms with Crippen molar-refractivity contribution >= 4 is 23.3 Å². The van der Waals surface area contributed by atoms with Gasteiger partial charge in [-0.2, -0.15) is 0 Å². The van der Waals surface area contributed by atoms with Gasteiger partial charge in [-0.3, -0.25) is 4.57 Å². The molecule has 0 saturated heterocycles. The number of aromatic nitrogens is 2. The van der Waals surface area contributed by atoms with Gasteiger partial charge >= 0.3 is 0 Å². The van der Waals surface area contributed by atoms with E-state index in [1.165, 1.54) is 6.07 Å². The van der Waals surface area contributed by atoms with Crippen molar-refractivity contribution in [1.82, 2.24) is 9.55 Å². The van der Waals surface area contributed by atoms with Gasteiger partial charge in [-0.1, -0.05) is 12.1 Å². The number of fused-ring (bicyclic) bond motifs is 1. The predicted octanol–water partition coefficient (Wildman–Crippen LogP) is 4.58. The first-order valence-corrected chi connectivity index (χ1v) is 6.56. The molecule has 2 aromatic carbocycles. The summed E-state index contributed by atoms with van der Waals surface area (Å²) in [5, 5.41) is 0. The second-order valence-electron chi connectivity index (χ2n) is 4.81. The quantitative estimate of drug-likeness (QED) is 0.650. The second-order valence-corrected chi connectivity index (χ2v) is 5.20. The lowest BCUT2D eigenvalue weighted by Crippen LogP contribution is -2.00. The van der Waals surface area contributed by atoms with Gasteiger partial charge in [-0.15, -0.1) is 0 Å². The third kappa shape index (κ3) is 1.86. The molecule has 102 valence electrons. The molecule has 0 spiro atoms. The molecule has 0 fully saturated rings. The van der Waals surface area contributed by atoms with Crippen molar-refractivity contribution in [1.29, 1.82) is 0 Å². The van der Waals surface area contributed by atoms with E-state index in [1.807, 2.05) is 32.0 Å².